The van der Waals surface area contributed by atoms with Crippen molar-refractivity contribution in [3.63, 3.8) is 0 Å². The summed E-state index contributed by atoms with van der Waals surface area (Å²) in [5.41, 5.74) is 8.10. The summed E-state index contributed by atoms with van der Waals surface area (Å²) in [5, 5.41) is 7.22. The normalized spacial score (nSPS) is 19.4. The van der Waals surface area contributed by atoms with Crippen molar-refractivity contribution in [3.8, 4) is 0 Å². The smallest absolute Gasteiger partial charge is 0.224 e. The second kappa shape index (κ2) is 9.36. The molecule has 0 unspecified atom stereocenters. The van der Waals surface area contributed by atoms with Gasteiger partial charge in [-0.15, -0.1) is 12.4 Å². The molecule has 1 heterocycles. The average Bonchev–Trinajstić information content (AvgIpc) is 3.15. The SMILES string of the molecule is Cl.N[C@@H]1CCC[C@H]1CC(=O)Nc1ccc(CCn2cc(Br)cn2)cc1. The summed E-state index contributed by atoms with van der Waals surface area (Å²) in [7, 11) is 0. The minimum atomic E-state index is 0. The van der Waals surface area contributed by atoms with E-state index in [1.54, 1.807) is 6.20 Å². The molecule has 3 rings (SSSR count). The van der Waals surface area contributed by atoms with E-state index in [9.17, 15) is 4.79 Å². The second-order valence-corrected chi connectivity index (χ2v) is 7.39. The Kier molecular flexibility index (Phi) is 7.47. The van der Waals surface area contributed by atoms with Crippen molar-refractivity contribution < 1.29 is 4.79 Å². The Balaban J connectivity index is 0.00000225. The van der Waals surface area contributed by atoms with Crippen LogP contribution in [0, 0.1) is 5.92 Å². The summed E-state index contributed by atoms with van der Waals surface area (Å²) in [6.45, 7) is 0.830. The zero-order chi connectivity index (χ0) is 16.9. The third-order valence-corrected chi connectivity index (χ3v) is 5.04. The Morgan fingerprint density at radius 1 is 1.32 bits per heavy atom. The number of rotatable bonds is 6. The first-order valence-corrected chi connectivity index (χ1v) is 9.22. The summed E-state index contributed by atoms with van der Waals surface area (Å²) in [6, 6.07) is 8.20. The van der Waals surface area contributed by atoms with Gasteiger partial charge in [0.15, 0.2) is 0 Å². The van der Waals surface area contributed by atoms with Gasteiger partial charge in [0, 0.05) is 30.9 Å². The molecule has 7 heteroatoms. The molecule has 136 valence electrons. The average molecular weight is 428 g/mol. The first-order chi connectivity index (χ1) is 11.6. The molecule has 1 aromatic heterocycles. The van der Waals surface area contributed by atoms with Gasteiger partial charge in [0.25, 0.3) is 0 Å². The number of hydrogen-bond donors (Lipinski definition) is 2. The van der Waals surface area contributed by atoms with Crippen molar-refractivity contribution in [1.29, 1.82) is 0 Å². The Hall–Kier alpha value is -1.37. The fourth-order valence-corrected chi connectivity index (χ4v) is 3.56. The predicted octanol–water partition coefficient (Wildman–Crippen LogP) is 3.77. The van der Waals surface area contributed by atoms with Gasteiger partial charge in [-0.05, 0) is 58.8 Å². The zero-order valence-corrected chi connectivity index (χ0v) is 16.4. The van der Waals surface area contributed by atoms with Crippen LogP contribution in [-0.4, -0.2) is 21.7 Å². The molecule has 0 spiro atoms. The van der Waals surface area contributed by atoms with Crippen LogP contribution in [0.25, 0.3) is 0 Å². The molecule has 0 bridgehead atoms. The lowest BCUT2D eigenvalue weighted by Crippen LogP contribution is -2.28. The number of benzene rings is 1. The molecule has 1 saturated carbocycles. The molecule has 1 fully saturated rings. The molecule has 1 aromatic carbocycles. The number of nitrogens with one attached hydrogen (secondary N) is 1. The quantitative estimate of drug-likeness (QED) is 0.737. The summed E-state index contributed by atoms with van der Waals surface area (Å²) in [6.07, 6.45) is 8.42. The Labute approximate surface area is 162 Å². The number of amides is 1. The van der Waals surface area contributed by atoms with Crippen molar-refractivity contribution in [2.75, 3.05) is 5.32 Å². The van der Waals surface area contributed by atoms with Gasteiger partial charge in [0.1, 0.15) is 0 Å². The van der Waals surface area contributed by atoms with Gasteiger partial charge in [0.05, 0.1) is 10.7 Å². The van der Waals surface area contributed by atoms with Crippen LogP contribution in [0.5, 0.6) is 0 Å². The van der Waals surface area contributed by atoms with Crippen LogP contribution in [0.3, 0.4) is 0 Å². The van der Waals surface area contributed by atoms with Crippen LogP contribution in [-0.2, 0) is 17.8 Å². The molecule has 25 heavy (non-hydrogen) atoms. The van der Waals surface area contributed by atoms with Crippen molar-refractivity contribution >= 4 is 39.9 Å². The molecule has 1 aliphatic rings. The molecule has 2 aromatic rings. The molecule has 1 amide bonds. The summed E-state index contributed by atoms with van der Waals surface area (Å²) in [4.78, 5) is 12.1. The summed E-state index contributed by atoms with van der Waals surface area (Å²) >= 11 is 3.39. The number of aromatic nitrogens is 2. The topological polar surface area (TPSA) is 72.9 Å². The number of hydrogen-bond acceptors (Lipinski definition) is 3. The van der Waals surface area contributed by atoms with Gasteiger partial charge in [0.2, 0.25) is 5.91 Å². The highest BCUT2D eigenvalue weighted by Gasteiger charge is 2.25. The molecular weight excluding hydrogens is 404 g/mol. The minimum absolute atomic E-state index is 0. The van der Waals surface area contributed by atoms with E-state index in [0.717, 1.165) is 42.4 Å². The summed E-state index contributed by atoms with van der Waals surface area (Å²) < 4.78 is 2.90. The van der Waals surface area contributed by atoms with E-state index in [1.807, 2.05) is 23.0 Å². The van der Waals surface area contributed by atoms with Gasteiger partial charge in [-0.25, -0.2) is 0 Å². The third kappa shape index (κ3) is 5.83. The molecule has 3 N–H and O–H groups in total. The number of nitrogens with two attached hydrogens (primary N) is 1. The monoisotopic (exact) mass is 426 g/mol. The first-order valence-electron chi connectivity index (χ1n) is 8.42. The number of carbonyl (C=O) groups excluding carboxylic acids is 1. The molecule has 0 saturated heterocycles. The highest BCUT2D eigenvalue weighted by Crippen LogP contribution is 2.27. The highest BCUT2D eigenvalue weighted by molar-refractivity contribution is 9.10. The fraction of sp³-hybridized carbons (Fsp3) is 0.444. The largest absolute Gasteiger partial charge is 0.327 e. The lowest BCUT2D eigenvalue weighted by atomic mass is 10.00. The van der Waals surface area contributed by atoms with E-state index in [4.69, 9.17) is 5.73 Å². The van der Waals surface area contributed by atoms with Crippen molar-refractivity contribution in [3.05, 3.63) is 46.7 Å². The van der Waals surface area contributed by atoms with Gasteiger partial charge in [-0.1, -0.05) is 18.6 Å². The number of anilines is 1. The summed E-state index contributed by atoms with van der Waals surface area (Å²) in [5.74, 6) is 0.393. The van der Waals surface area contributed by atoms with E-state index in [1.165, 1.54) is 5.56 Å². The maximum Gasteiger partial charge on any atom is 0.224 e. The Morgan fingerprint density at radius 3 is 2.68 bits per heavy atom. The van der Waals surface area contributed by atoms with Crippen molar-refractivity contribution in [1.82, 2.24) is 9.78 Å². The number of nitrogens with zero attached hydrogens (tertiary/aromatic N) is 2. The number of carbonyl (C=O) groups is 1. The van der Waals surface area contributed by atoms with Gasteiger partial charge in [-0.3, -0.25) is 9.48 Å². The lowest BCUT2D eigenvalue weighted by Gasteiger charge is -2.14. The molecule has 0 radical (unpaired) electrons. The van der Waals surface area contributed by atoms with E-state index >= 15 is 0 Å². The third-order valence-electron chi connectivity index (χ3n) is 4.63. The van der Waals surface area contributed by atoms with Crippen LogP contribution in [0.4, 0.5) is 5.69 Å². The fourth-order valence-electron chi connectivity index (χ4n) is 3.23. The van der Waals surface area contributed by atoms with Gasteiger partial charge < -0.3 is 11.1 Å². The Morgan fingerprint density at radius 2 is 2.08 bits per heavy atom. The van der Waals surface area contributed by atoms with Crippen LogP contribution in [0.2, 0.25) is 0 Å². The van der Waals surface area contributed by atoms with Crippen LogP contribution < -0.4 is 11.1 Å². The van der Waals surface area contributed by atoms with E-state index in [0.29, 0.717) is 12.3 Å². The number of aryl methyl sites for hydroxylation is 2. The Bertz CT molecular complexity index is 689. The van der Waals surface area contributed by atoms with E-state index in [2.05, 4.69) is 38.5 Å². The molecule has 5 nitrogen and oxygen atoms in total. The van der Waals surface area contributed by atoms with Crippen LogP contribution in [0.15, 0.2) is 41.1 Å². The number of halogens is 2. The molecular formula is C18H24BrClN4O. The van der Waals surface area contributed by atoms with Gasteiger partial charge >= 0.3 is 0 Å². The standard InChI is InChI=1S/C18H23BrN4O.ClH/c19-15-11-21-23(12-15)9-8-13-4-6-16(7-5-13)22-18(24)10-14-2-1-3-17(14)20;/h4-7,11-12,14,17H,1-3,8-10,20H2,(H,22,24);1H/t14-,17+;/m0./s1. The maximum atomic E-state index is 12.1. The zero-order valence-electron chi connectivity index (χ0n) is 14.0. The predicted molar refractivity (Wildman–Crippen MR) is 106 cm³/mol. The highest BCUT2D eigenvalue weighted by atomic mass is 79.9. The van der Waals surface area contributed by atoms with Crippen LogP contribution >= 0.6 is 28.3 Å². The van der Waals surface area contributed by atoms with Crippen molar-refractivity contribution in [2.45, 2.75) is 44.7 Å². The second-order valence-electron chi connectivity index (χ2n) is 6.48. The van der Waals surface area contributed by atoms with E-state index < -0.39 is 0 Å². The van der Waals surface area contributed by atoms with Gasteiger partial charge in [-0.2, -0.15) is 5.10 Å². The molecule has 1 aliphatic carbocycles. The molecule has 0 aliphatic heterocycles. The first kappa shape index (κ1) is 19.9. The van der Waals surface area contributed by atoms with Crippen LogP contribution in [0.1, 0.15) is 31.2 Å². The molecule has 2 atom stereocenters. The van der Waals surface area contributed by atoms with Crippen molar-refractivity contribution in [2.24, 2.45) is 11.7 Å². The minimum Gasteiger partial charge on any atom is -0.327 e. The maximum absolute atomic E-state index is 12.1. The lowest BCUT2D eigenvalue weighted by molar-refractivity contribution is -0.117. The van der Waals surface area contributed by atoms with E-state index in [-0.39, 0.29) is 24.4 Å².